The van der Waals surface area contributed by atoms with Crippen LogP contribution in [0.2, 0.25) is 0 Å². The Morgan fingerprint density at radius 3 is 2.46 bits per heavy atom. The lowest BCUT2D eigenvalue weighted by atomic mass is 10.2. The average molecular weight is 403 g/mol. The van der Waals surface area contributed by atoms with Crippen LogP contribution < -0.4 is 25.2 Å². The van der Waals surface area contributed by atoms with E-state index in [1.54, 1.807) is 14.2 Å². The van der Waals surface area contributed by atoms with Gasteiger partial charge in [0.25, 0.3) is 0 Å². The van der Waals surface area contributed by atoms with Crippen molar-refractivity contribution in [1.29, 1.82) is 0 Å². The van der Waals surface area contributed by atoms with Crippen LogP contribution in [0, 0.1) is 0 Å². The molecule has 3 rings (SSSR count). The minimum absolute atomic E-state index is 0.412. The number of hydrogen-bond acceptors (Lipinski definition) is 7. The normalized spacial score (nSPS) is 13.9. The molecule has 0 spiro atoms. The summed E-state index contributed by atoms with van der Waals surface area (Å²) in [5, 5.41) is 6.51. The van der Waals surface area contributed by atoms with E-state index < -0.39 is 0 Å². The number of hydrogen-bond donors (Lipinski definition) is 2. The second-order valence-electron chi connectivity index (χ2n) is 6.28. The van der Waals surface area contributed by atoms with Gasteiger partial charge in [-0.2, -0.15) is 9.97 Å². The van der Waals surface area contributed by atoms with Gasteiger partial charge >= 0.3 is 0 Å². The first kappa shape index (κ1) is 20.1. The van der Waals surface area contributed by atoms with Crippen LogP contribution in [0.1, 0.15) is 0 Å². The van der Waals surface area contributed by atoms with Crippen LogP contribution in [0.4, 0.5) is 17.5 Å². The zero-order valence-electron chi connectivity index (χ0n) is 16.2. The van der Waals surface area contributed by atoms with Gasteiger partial charge in [-0.3, -0.25) is 0 Å². The average Bonchev–Trinajstić information content (AvgIpc) is 2.74. The van der Waals surface area contributed by atoms with Gasteiger partial charge in [-0.1, -0.05) is 18.2 Å². The molecule has 9 heteroatoms. The second-order valence-corrected chi connectivity index (χ2v) is 6.68. The molecular weight excluding hydrogens is 376 g/mol. The summed E-state index contributed by atoms with van der Waals surface area (Å²) in [5.74, 6) is 1.73. The molecule has 1 aromatic carbocycles. The lowest BCUT2D eigenvalue weighted by molar-refractivity contribution is 0.204. The quantitative estimate of drug-likeness (QED) is 0.532. The first-order valence-corrected chi connectivity index (χ1v) is 9.62. The SMILES string of the molecule is COCCNC(=S)Nc1nc(OC)cc(N2CCN(c3ccccc3)CC2)n1. The fraction of sp³-hybridized carbons (Fsp3) is 0.421. The van der Waals surface area contributed by atoms with Crippen molar-refractivity contribution in [3.8, 4) is 5.88 Å². The van der Waals surface area contributed by atoms with Crippen LogP contribution in [-0.4, -0.2) is 68.6 Å². The topological polar surface area (TPSA) is 74.8 Å². The van der Waals surface area contributed by atoms with Gasteiger partial charge in [-0.15, -0.1) is 0 Å². The number of nitrogens with zero attached hydrogens (tertiary/aromatic N) is 4. The van der Waals surface area contributed by atoms with Gasteiger partial charge < -0.3 is 29.9 Å². The molecule has 1 saturated heterocycles. The summed E-state index contributed by atoms with van der Waals surface area (Å²) in [4.78, 5) is 13.6. The Hall–Kier alpha value is -2.65. The molecule has 0 bridgehead atoms. The zero-order valence-corrected chi connectivity index (χ0v) is 17.0. The van der Waals surface area contributed by atoms with Gasteiger partial charge in [-0.05, 0) is 24.4 Å². The smallest absolute Gasteiger partial charge is 0.234 e. The summed E-state index contributed by atoms with van der Waals surface area (Å²) in [6.45, 7) is 4.76. The number of rotatable bonds is 7. The third-order valence-corrected chi connectivity index (χ3v) is 4.69. The van der Waals surface area contributed by atoms with Gasteiger partial charge in [0.15, 0.2) is 5.11 Å². The van der Waals surface area contributed by atoms with Gasteiger partial charge in [0.1, 0.15) is 5.82 Å². The molecule has 1 aliphatic rings. The van der Waals surface area contributed by atoms with Crippen LogP contribution in [0.25, 0.3) is 0 Å². The predicted octanol–water partition coefficient (Wildman–Crippen LogP) is 1.74. The van der Waals surface area contributed by atoms with Gasteiger partial charge in [0, 0.05) is 51.6 Å². The summed E-state index contributed by atoms with van der Waals surface area (Å²) < 4.78 is 10.4. The minimum Gasteiger partial charge on any atom is -0.481 e. The van der Waals surface area contributed by atoms with E-state index in [0.717, 1.165) is 32.0 Å². The van der Waals surface area contributed by atoms with E-state index in [9.17, 15) is 0 Å². The Bertz CT molecular complexity index is 768. The van der Waals surface area contributed by atoms with Crippen LogP contribution in [-0.2, 0) is 4.74 Å². The van der Waals surface area contributed by atoms with E-state index in [1.807, 2.05) is 12.1 Å². The first-order chi connectivity index (χ1) is 13.7. The molecule has 0 atom stereocenters. The molecule has 1 fully saturated rings. The number of piperazine rings is 1. The van der Waals surface area contributed by atoms with Crippen LogP contribution in [0.3, 0.4) is 0 Å². The van der Waals surface area contributed by atoms with Gasteiger partial charge in [0.2, 0.25) is 11.8 Å². The Labute approximate surface area is 170 Å². The predicted molar refractivity (Wildman–Crippen MR) is 116 cm³/mol. The fourth-order valence-corrected chi connectivity index (χ4v) is 3.17. The van der Waals surface area contributed by atoms with E-state index in [1.165, 1.54) is 5.69 Å². The number of benzene rings is 1. The molecule has 8 nitrogen and oxygen atoms in total. The number of anilines is 3. The number of aromatic nitrogens is 2. The van der Waals surface area contributed by atoms with Crippen molar-refractivity contribution in [1.82, 2.24) is 15.3 Å². The summed E-state index contributed by atoms with van der Waals surface area (Å²) in [7, 11) is 3.24. The summed E-state index contributed by atoms with van der Waals surface area (Å²) in [6, 6.07) is 12.3. The van der Waals surface area contributed by atoms with Gasteiger partial charge in [-0.25, -0.2) is 0 Å². The molecule has 150 valence electrons. The van der Waals surface area contributed by atoms with Crippen molar-refractivity contribution in [3.63, 3.8) is 0 Å². The highest BCUT2D eigenvalue weighted by atomic mass is 32.1. The Morgan fingerprint density at radius 1 is 1.07 bits per heavy atom. The molecule has 0 amide bonds. The van der Waals surface area contributed by atoms with Crippen LogP contribution in [0.15, 0.2) is 36.4 Å². The molecule has 1 aliphatic heterocycles. The second kappa shape index (κ2) is 10.0. The maximum absolute atomic E-state index is 5.35. The Kier molecular flexibility index (Phi) is 7.21. The molecule has 0 aliphatic carbocycles. The molecule has 1 aromatic heterocycles. The molecule has 0 unspecified atom stereocenters. The fourth-order valence-electron chi connectivity index (χ4n) is 2.98. The molecule has 0 saturated carbocycles. The number of ether oxygens (including phenoxy) is 2. The Balaban J connectivity index is 1.64. The highest BCUT2D eigenvalue weighted by Gasteiger charge is 2.20. The van der Waals surface area contributed by atoms with E-state index >= 15 is 0 Å². The van der Waals surface area contributed by atoms with E-state index in [0.29, 0.717) is 30.1 Å². The van der Waals surface area contributed by atoms with Crippen LogP contribution >= 0.6 is 12.2 Å². The maximum atomic E-state index is 5.35. The lowest BCUT2D eigenvalue weighted by Crippen LogP contribution is -2.47. The largest absolute Gasteiger partial charge is 0.481 e. The third-order valence-electron chi connectivity index (χ3n) is 4.44. The zero-order chi connectivity index (χ0) is 19.8. The monoisotopic (exact) mass is 402 g/mol. The highest BCUT2D eigenvalue weighted by Crippen LogP contribution is 2.23. The van der Waals surface area contributed by atoms with Crippen molar-refractivity contribution < 1.29 is 9.47 Å². The maximum Gasteiger partial charge on any atom is 0.234 e. The molecule has 0 radical (unpaired) electrons. The van der Waals surface area contributed by atoms with Gasteiger partial charge in [0.05, 0.1) is 13.7 Å². The van der Waals surface area contributed by atoms with Crippen molar-refractivity contribution in [3.05, 3.63) is 36.4 Å². The Morgan fingerprint density at radius 2 is 1.79 bits per heavy atom. The summed E-state index contributed by atoms with van der Waals surface area (Å²) in [5.41, 5.74) is 1.25. The van der Waals surface area contributed by atoms with E-state index in [4.69, 9.17) is 21.7 Å². The minimum atomic E-state index is 0.412. The van der Waals surface area contributed by atoms with Crippen molar-refractivity contribution in [2.75, 3.05) is 68.7 Å². The van der Waals surface area contributed by atoms with Crippen molar-refractivity contribution in [2.45, 2.75) is 0 Å². The lowest BCUT2D eigenvalue weighted by Gasteiger charge is -2.36. The highest BCUT2D eigenvalue weighted by molar-refractivity contribution is 7.80. The molecule has 2 N–H and O–H groups in total. The number of methoxy groups -OCH3 is 2. The number of nitrogens with one attached hydrogen (secondary N) is 2. The summed E-state index contributed by atoms with van der Waals surface area (Å²) in [6.07, 6.45) is 0. The van der Waals surface area contributed by atoms with E-state index in [2.05, 4.69) is 54.7 Å². The molecular formula is C19H26N6O2S. The third kappa shape index (κ3) is 5.43. The van der Waals surface area contributed by atoms with E-state index in [-0.39, 0.29) is 0 Å². The summed E-state index contributed by atoms with van der Waals surface area (Å²) >= 11 is 5.28. The molecule has 2 heterocycles. The molecule has 28 heavy (non-hydrogen) atoms. The molecule has 2 aromatic rings. The van der Waals surface area contributed by atoms with Crippen LogP contribution in [0.5, 0.6) is 5.88 Å². The van der Waals surface area contributed by atoms with Crippen molar-refractivity contribution >= 4 is 34.8 Å². The standard InChI is InChI=1S/C19H26N6O2S/c1-26-13-8-20-19(28)23-18-21-16(14-17(22-18)27-2)25-11-9-24(10-12-25)15-6-4-3-5-7-15/h3-7,14H,8-13H2,1-2H3,(H2,20,21,22,23,28). The number of thiocarbonyl (C=S) groups is 1. The van der Waals surface area contributed by atoms with Crippen molar-refractivity contribution in [2.24, 2.45) is 0 Å². The number of para-hydroxylation sites is 1. The first-order valence-electron chi connectivity index (χ1n) is 9.21.